The van der Waals surface area contributed by atoms with E-state index in [1.165, 1.54) is 0 Å². The Balaban J connectivity index is 1.23. The molecule has 0 saturated carbocycles. The normalized spacial score (nSPS) is 15.6. The number of carbonyl (C=O) groups excluding carboxylic acids is 2. The Hall–Kier alpha value is -3.98. The molecular formula is C31H24O6P2+2. The van der Waals surface area contributed by atoms with Gasteiger partial charge in [0.05, 0.1) is 24.3 Å². The van der Waals surface area contributed by atoms with Crippen molar-refractivity contribution in [3.8, 4) is 33.8 Å². The van der Waals surface area contributed by atoms with E-state index in [2.05, 4.69) is 0 Å². The van der Waals surface area contributed by atoms with Crippen LogP contribution in [-0.2, 0) is 9.13 Å². The van der Waals surface area contributed by atoms with Crippen LogP contribution in [0.3, 0.4) is 0 Å². The SMILES string of the molecule is CC(C)(COc1cccc2c1[P+](=O)C(=O)c1ccccc1-2)COc1cccc2c1[P+](=O)C(=O)c1ccccc1-2. The monoisotopic (exact) mass is 554 g/mol. The smallest absolute Gasteiger partial charge is 0.463 e. The van der Waals surface area contributed by atoms with Gasteiger partial charge in [0.15, 0.2) is 11.5 Å². The van der Waals surface area contributed by atoms with E-state index in [0.717, 1.165) is 22.3 Å². The van der Waals surface area contributed by atoms with Crippen molar-refractivity contribution in [3.63, 3.8) is 0 Å². The van der Waals surface area contributed by atoms with Crippen molar-refractivity contribution in [1.82, 2.24) is 0 Å². The van der Waals surface area contributed by atoms with E-state index in [0.29, 0.717) is 33.2 Å². The van der Waals surface area contributed by atoms with Crippen molar-refractivity contribution < 1.29 is 28.2 Å². The molecule has 2 heterocycles. The third kappa shape index (κ3) is 4.30. The average Bonchev–Trinajstić information content (AvgIpc) is 2.96. The van der Waals surface area contributed by atoms with Crippen LogP contribution in [0.2, 0.25) is 0 Å². The van der Waals surface area contributed by atoms with E-state index < -0.39 is 32.1 Å². The van der Waals surface area contributed by atoms with Crippen molar-refractivity contribution in [2.45, 2.75) is 13.8 Å². The first-order chi connectivity index (χ1) is 18.8. The molecule has 0 fully saturated rings. The molecule has 0 saturated heterocycles. The van der Waals surface area contributed by atoms with Gasteiger partial charge < -0.3 is 9.47 Å². The predicted molar refractivity (Wildman–Crippen MR) is 152 cm³/mol. The van der Waals surface area contributed by atoms with Crippen LogP contribution >= 0.6 is 15.6 Å². The van der Waals surface area contributed by atoms with E-state index in [4.69, 9.17) is 9.47 Å². The molecule has 192 valence electrons. The molecule has 2 aliphatic heterocycles. The highest BCUT2D eigenvalue weighted by Gasteiger charge is 2.46. The van der Waals surface area contributed by atoms with Crippen molar-refractivity contribution in [2.75, 3.05) is 13.2 Å². The number of fused-ring (bicyclic) bond motifs is 6. The molecule has 0 radical (unpaired) electrons. The van der Waals surface area contributed by atoms with Gasteiger partial charge in [-0.25, -0.2) is 9.59 Å². The summed E-state index contributed by atoms with van der Waals surface area (Å²) in [6, 6.07) is 25.2. The third-order valence-corrected chi connectivity index (χ3v) is 9.86. The summed E-state index contributed by atoms with van der Waals surface area (Å²) in [7, 11) is -4.63. The van der Waals surface area contributed by atoms with Gasteiger partial charge in [-0.3, -0.25) is 0 Å². The van der Waals surface area contributed by atoms with Crippen LogP contribution in [0.25, 0.3) is 22.3 Å². The Labute approximate surface area is 227 Å². The number of rotatable bonds is 6. The maximum absolute atomic E-state index is 13.2. The van der Waals surface area contributed by atoms with E-state index in [-0.39, 0.29) is 13.2 Å². The van der Waals surface area contributed by atoms with Gasteiger partial charge >= 0.3 is 26.7 Å². The molecule has 0 amide bonds. The largest absolute Gasteiger partial charge is 0.488 e. The second-order valence-corrected chi connectivity index (χ2v) is 13.2. The molecule has 2 atom stereocenters. The maximum Gasteiger partial charge on any atom is 0.463 e. The number of hydrogen-bond acceptors (Lipinski definition) is 6. The molecule has 0 N–H and O–H groups in total. The van der Waals surface area contributed by atoms with Crippen molar-refractivity contribution in [1.29, 1.82) is 0 Å². The fourth-order valence-corrected chi connectivity index (χ4v) is 7.69. The molecule has 2 aliphatic rings. The Bertz CT molecular complexity index is 1600. The van der Waals surface area contributed by atoms with Crippen LogP contribution in [0.5, 0.6) is 11.5 Å². The summed E-state index contributed by atoms with van der Waals surface area (Å²) < 4.78 is 38.6. The Morgan fingerprint density at radius 3 is 1.31 bits per heavy atom. The number of carbonyl (C=O) groups is 2. The maximum atomic E-state index is 13.2. The van der Waals surface area contributed by atoms with Gasteiger partial charge in [-0.05, 0) is 36.4 Å². The van der Waals surface area contributed by atoms with Crippen LogP contribution in [-0.4, -0.2) is 24.3 Å². The lowest BCUT2D eigenvalue weighted by atomic mass is 9.96. The van der Waals surface area contributed by atoms with Crippen molar-refractivity contribution >= 4 is 37.3 Å². The fourth-order valence-electron chi connectivity index (χ4n) is 4.95. The lowest BCUT2D eigenvalue weighted by molar-refractivity contribution is 0.107. The zero-order valence-electron chi connectivity index (χ0n) is 21.3. The summed E-state index contributed by atoms with van der Waals surface area (Å²) in [5.74, 6) is 0.818. The van der Waals surface area contributed by atoms with Crippen molar-refractivity contribution in [2.24, 2.45) is 5.41 Å². The minimum Gasteiger partial charge on any atom is -0.488 e. The van der Waals surface area contributed by atoms with Gasteiger partial charge in [0.1, 0.15) is 0 Å². The molecular weight excluding hydrogens is 530 g/mol. The highest BCUT2D eigenvalue weighted by atomic mass is 31.1. The Morgan fingerprint density at radius 1 is 0.538 bits per heavy atom. The first kappa shape index (κ1) is 25.3. The van der Waals surface area contributed by atoms with E-state index in [1.54, 1.807) is 36.4 Å². The topological polar surface area (TPSA) is 86.7 Å². The van der Waals surface area contributed by atoms with E-state index in [1.807, 2.05) is 62.4 Å². The molecule has 0 bridgehead atoms. The minimum absolute atomic E-state index is 0.214. The van der Waals surface area contributed by atoms with Gasteiger partial charge in [-0.15, -0.1) is 0 Å². The first-order valence-corrected chi connectivity index (χ1v) is 15.0. The molecule has 0 aliphatic carbocycles. The minimum atomic E-state index is -2.31. The average molecular weight is 554 g/mol. The molecule has 0 aromatic heterocycles. The molecule has 4 aromatic rings. The molecule has 39 heavy (non-hydrogen) atoms. The zero-order valence-corrected chi connectivity index (χ0v) is 23.1. The lowest BCUT2D eigenvalue weighted by Crippen LogP contribution is -2.31. The molecule has 6 rings (SSSR count). The van der Waals surface area contributed by atoms with E-state index >= 15 is 0 Å². The Kier molecular flexibility index (Phi) is 6.26. The fraction of sp³-hybridized carbons (Fsp3) is 0.161. The first-order valence-electron chi connectivity index (χ1n) is 12.5. The zero-order chi connectivity index (χ0) is 27.3. The summed E-state index contributed by atoms with van der Waals surface area (Å²) in [6.07, 6.45) is 0. The number of ether oxygens (including phenoxy) is 2. The Morgan fingerprint density at radius 2 is 0.897 bits per heavy atom. The number of hydrogen-bond donors (Lipinski definition) is 0. The molecule has 6 nitrogen and oxygen atoms in total. The molecule has 8 heteroatoms. The van der Waals surface area contributed by atoms with Crippen LogP contribution in [0, 0.1) is 5.41 Å². The highest BCUT2D eigenvalue weighted by Crippen LogP contribution is 2.44. The third-order valence-electron chi connectivity index (χ3n) is 6.91. The highest BCUT2D eigenvalue weighted by molar-refractivity contribution is 7.72. The van der Waals surface area contributed by atoms with Gasteiger partial charge in [0, 0.05) is 27.7 Å². The van der Waals surface area contributed by atoms with Crippen LogP contribution < -0.4 is 20.1 Å². The molecule has 2 unspecified atom stereocenters. The van der Waals surface area contributed by atoms with Gasteiger partial charge in [0.2, 0.25) is 10.6 Å². The molecule has 4 aromatic carbocycles. The van der Waals surface area contributed by atoms with Crippen LogP contribution in [0.15, 0.2) is 84.9 Å². The van der Waals surface area contributed by atoms with Gasteiger partial charge in [-0.1, -0.05) is 71.5 Å². The van der Waals surface area contributed by atoms with Crippen LogP contribution in [0.1, 0.15) is 34.6 Å². The summed E-state index contributed by atoms with van der Waals surface area (Å²) in [5, 5.41) is 0.832. The summed E-state index contributed by atoms with van der Waals surface area (Å²) in [4.78, 5) is 25.7. The summed E-state index contributed by atoms with van der Waals surface area (Å²) in [6.45, 7) is 4.34. The van der Waals surface area contributed by atoms with Gasteiger partial charge in [0.25, 0.3) is 0 Å². The quantitative estimate of drug-likeness (QED) is 0.246. The van der Waals surface area contributed by atoms with Gasteiger partial charge in [-0.2, -0.15) is 0 Å². The second kappa shape index (κ2) is 9.64. The number of benzene rings is 4. The van der Waals surface area contributed by atoms with E-state index in [9.17, 15) is 18.7 Å². The van der Waals surface area contributed by atoms with Crippen LogP contribution in [0.4, 0.5) is 0 Å². The summed E-state index contributed by atoms with van der Waals surface area (Å²) in [5.41, 5.74) is 2.58. The summed E-state index contributed by atoms with van der Waals surface area (Å²) >= 11 is 0. The second-order valence-electron chi connectivity index (χ2n) is 10.3. The molecule has 0 spiro atoms. The lowest BCUT2D eigenvalue weighted by Gasteiger charge is -2.25. The van der Waals surface area contributed by atoms with Crippen molar-refractivity contribution in [3.05, 3.63) is 96.1 Å². The standard InChI is InChI=1S/C31H24O6P2/c1-31(2,17-36-25-15-7-13-21-19-9-3-5-11-23(19)29(32)38(34)27(21)25)18-37-26-16-8-14-22-20-10-4-6-12-24(20)30(33)39(35)28(22)26/h3-16H,17-18H2,1-2H3/q+2. The predicted octanol–water partition coefficient (Wildman–Crippen LogP) is 6.72.